The molecule has 1 fully saturated rings. The zero-order valence-electron chi connectivity index (χ0n) is 10.9. The van der Waals surface area contributed by atoms with Crippen molar-refractivity contribution in [2.24, 2.45) is 5.73 Å². The minimum Gasteiger partial charge on any atom is -0.496 e. The molecule has 3 nitrogen and oxygen atoms in total. The van der Waals surface area contributed by atoms with Gasteiger partial charge in [-0.2, -0.15) is 0 Å². The van der Waals surface area contributed by atoms with Crippen molar-refractivity contribution in [1.29, 1.82) is 0 Å². The Bertz CT molecular complexity index is 409. The molecule has 94 valence electrons. The van der Waals surface area contributed by atoms with Crippen LogP contribution in [0.2, 0.25) is 0 Å². The van der Waals surface area contributed by atoms with Crippen molar-refractivity contribution in [3.63, 3.8) is 0 Å². The zero-order valence-corrected chi connectivity index (χ0v) is 10.9. The van der Waals surface area contributed by atoms with E-state index in [2.05, 4.69) is 6.07 Å². The van der Waals surface area contributed by atoms with E-state index in [1.807, 2.05) is 13.0 Å². The van der Waals surface area contributed by atoms with Crippen LogP contribution >= 0.6 is 0 Å². The largest absolute Gasteiger partial charge is 0.496 e. The Kier molecular flexibility index (Phi) is 3.29. The van der Waals surface area contributed by atoms with Gasteiger partial charge < -0.3 is 15.2 Å². The maximum atomic E-state index is 6.50. The highest BCUT2D eigenvalue weighted by molar-refractivity contribution is 5.49. The average molecular weight is 235 g/mol. The third-order valence-corrected chi connectivity index (χ3v) is 3.75. The highest BCUT2D eigenvalue weighted by Gasteiger charge is 2.34. The lowest BCUT2D eigenvalue weighted by molar-refractivity contribution is 0.368. The van der Waals surface area contributed by atoms with Gasteiger partial charge in [0.25, 0.3) is 0 Å². The summed E-state index contributed by atoms with van der Waals surface area (Å²) in [4.78, 5) is 0. The third kappa shape index (κ3) is 2.12. The summed E-state index contributed by atoms with van der Waals surface area (Å²) in [7, 11) is 3.36. The molecule has 0 saturated heterocycles. The van der Waals surface area contributed by atoms with Crippen molar-refractivity contribution >= 4 is 0 Å². The summed E-state index contributed by atoms with van der Waals surface area (Å²) in [5.74, 6) is 1.70. The number of methoxy groups -OCH3 is 2. The van der Waals surface area contributed by atoms with E-state index in [1.165, 1.54) is 12.8 Å². The molecule has 2 N–H and O–H groups in total. The second kappa shape index (κ2) is 4.57. The second-order valence-electron chi connectivity index (χ2n) is 4.89. The normalized spacial score (nSPS) is 18.1. The van der Waals surface area contributed by atoms with Gasteiger partial charge in [0, 0.05) is 17.2 Å². The molecule has 0 bridgehead atoms. The minimum atomic E-state index is -0.220. The first-order chi connectivity index (χ1) is 8.10. The van der Waals surface area contributed by atoms with Crippen molar-refractivity contribution in [1.82, 2.24) is 0 Å². The number of nitrogens with two attached hydrogens (primary N) is 1. The summed E-state index contributed by atoms with van der Waals surface area (Å²) in [6.07, 6.45) is 4.47. The third-order valence-electron chi connectivity index (χ3n) is 3.75. The molecular weight excluding hydrogens is 214 g/mol. The van der Waals surface area contributed by atoms with Crippen molar-refractivity contribution in [2.75, 3.05) is 14.2 Å². The molecule has 1 aromatic carbocycles. The SMILES string of the molecule is COc1cc(OC)c(C2(N)CCCC2)cc1C. The maximum Gasteiger partial charge on any atom is 0.127 e. The van der Waals surface area contributed by atoms with E-state index < -0.39 is 0 Å². The van der Waals surface area contributed by atoms with Crippen LogP contribution in [0.4, 0.5) is 0 Å². The van der Waals surface area contributed by atoms with Crippen molar-refractivity contribution in [3.05, 3.63) is 23.3 Å². The molecule has 0 radical (unpaired) electrons. The fraction of sp³-hybridized carbons (Fsp3) is 0.571. The maximum absolute atomic E-state index is 6.50. The van der Waals surface area contributed by atoms with E-state index in [-0.39, 0.29) is 5.54 Å². The van der Waals surface area contributed by atoms with Gasteiger partial charge in [0.2, 0.25) is 0 Å². The molecule has 0 amide bonds. The fourth-order valence-electron chi connectivity index (χ4n) is 2.72. The summed E-state index contributed by atoms with van der Waals surface area (Å²) in [6, 6.07) is 4.06. The van der Waals surface area contributed by atoms with E-state index in [0.717, 1.165) is 35.5 Å². The Balaban J connectivity index is 2.49. The number of benzene rings is 1. The first-order valence-electron chi connectivity index (χ1n) is 6.13. The molecule has 0 aromatic heterocycles. The smallest absolute Gasteiger partial charge is 0.127 e. The minimum absolute atomic E-state index is 0.220. The predicted octanol–water partition coefficient (Wildman–Crippen LogP) is 2.74. The Morgan fingerprint density at radius 2 is 1.65 bits per heavy atom. The van der Waals surface area contributed by atoms with Crippen LogP contribution in [0, 0.1) is 6.92 Å². The average Bonchev–Trinajstić information content (AvgIpc) is 2.77. The van der Waals surface area contributed by atoms with Crippen LogP contribution in [0.15, 0.2) is 12.1 Å². The van der Waals surface area contributed by atoms with E-state index in [1.54, 1.807) is 14.2 Å². The van der Waals surface area contributed by atoms with Gasteiger partial charge in [-0.25, -0.2) is 0 Å². The molecule has 1 aliphatic rings. The molecule has 0 unspecified atom stereocenters. The molecule has 0 spiro atoms. The van der Waals surface area contributed by atoms with E-state index in [0.29, 0.717) is 0 Å². The highest BCUT2D eigenvalue weighted by Crippen LogP contribution is 2.42. The van der Waals surface area contributed by atoms with Crippen LogP contribution in [0.3, 0.4) is 0 Å². The molecule has 0 atom stereocenters. The first kappa shape index (κ1) is 12.2. The number of hydrogen-bond acceptors (Lipinski definition) is 3. The number of ether oxygens (including phenoxy) is 2. The van der Waals surface area contributed by atoms with Gasteiger partial charge in [0.1, 0.15) is 11.5 Å². The molecule has 2 rings (SSSR count). The number of aryl methyl sites for hydroxylation is 1. The molecule has 1 aliphatic carbocycles. The van der Waals surface area contributed by atoms with Gasteiger partial charge in [-0.3, -0.25) is 0 Å². The summed E-state index contributed by atoms with van der Waals surface area (Å²) >= 11 is 0. The van der Waals surface area contributed by atoms with Crippen LogP contribution in [-0.2, 0) is 5.54 Å². The van der Waals surface area contributed by atoms with E-state index in [4.69, 9.17) is 15.2 Å². The molecule has 0 aliphatic heterocycles. The van der Waals surface area contributed by atoms with Crippen molar-refractivity contribution in [2.45, 2.75) is 38.1 Å². The summed E-state index contributed by atoms with van der Waals surface area (Å²) in [6.45, 7) is 2.04. The monoisotopic (exact) mass is 235 g/mol. The van der Waals surface area contributed by atoms with E-state index >= 15 is 0 Å². The number of rotatable bonds is 3. The molecule has 3 heteroatoms. The quantitative estimate of drug-likeness (QED) is 0.876. The molecular formula is C14H21NO2. The highest BCUT2D eigenvalue weighted by atomic mass is 16.5. The second-order valence-corrected chi connectivity index (χ2v) is 4.89. The molecule has 0 heterocycles. The molecule has 17 heavy (non-hydrogen) atoms. The fourth-order valence-corrected chi connectivity index (χ4v) is 2.72. The van der Waals surface area contributed by atoms with Crippen LogP contribution in [0.1, 0.15) is 36.8 Å². The lowest BCUT2D eigenvalue weighted by Crippen LogP contribution is -2.33. The number of hydrogen-bond donors (Lipinski definition) is 1. The standard InChI is InChI=1S/C14H21NO2/c1-10-8-11(14(15)6-4-5-7-14)13(17-3)9-12(10)16-2/h8-9H,4-7,15H2,1-3H3. The Labute approximate surface area is 103 Å². The van der Waals surface area contributed by atoms with Gasteiger partial charge in [0.05, 0.1) is 14.2 Å². The van der Waals surface area contributed by atoms with Gasteiger partial charge in [-0.05, 0) is 31.4 Å². The van der Waals surface area contributed by atoms with Crippen molar-refractivity contribution in [3.8, 4) is 11.5 Å². The van der Waals surface area contributed by atoms with Gasteiger partial charge in [0.15, 0.2) is 0 Å². The van der Waals surface area contributed by atoms with Crippen LogP contribution in [0.5, 0.6) is 11.5 Å². The Morgan fingerprint density at radius 1 is 1.06 bits per heavy atom. The first-order valence-corrected chi connectivity index (χ1v) is 6.13. The van der Waals surface area contributed by atoms with Crippen LogP contribution < -0.4 is 15.2 Å². The summed E-state index contributed by atoms with van der Waals surface area (Å²) < 4.78 is 10.8. The van der Waals surface area contributed by atoms with Crippen LogP contribution in [0.25, 0.3) is 0 Å². The lowest BCUT2D eigenvalue weighted by Gasteiger charge is -2.27. The Hall–Kier alpha value is -1.22. The van der Waals surface area contributed by atoms with Crippen LogP contribution in [-0.4, -0.2) is 14.2 Å². The van der Waals surface area contributed by atoms with Gasteiger partial charge in [-0.15, -0.1) is 0 Å². The lowest BCUT2D eigenvalue weighted by atomic mass is 9.87. The van der Waals surface area contributed by atoms with Gasteiger partial charge in [-0.1, -0.05) is 12.8 Å². The zero-order chi connectivity index (χ0) is 12.5. The predicted molar refractivity (Wildman–Crippen MR) is 68.6 cm³/mol. The van der Waals surface area contributed by atoms with Gasteiger partial charge >= 0.3 is 0 Å². The molecule has 1 aromatic rings. The Morgan fingerprint density at radius 3 is 2.18 bits per heavy atom. The topological polar surface area (TPSA) is 44.5 Å². The van der Waals surface area contributed by atoms with E-state index in [9.17, 15) is 0 Å². The summed E-state index contributed by atoms with van der Waals surface area (Å²) in [5.41, 5.74) is 8.51. The van der Waals surface area contributed by atoms with Crippen molar-refractivity contribution < 1.29 is 9.47 Å². The summed E-state index contributed by atoms with van der Waals surface area (Å²) in [5, 5.41) is 0. The molecule has 1 saturated carbocycles.